The van der Waals surface area contributed by atoms with Gasteiger partial charge in [0.15, 0.2) is 6.04 Å². The summed E-state index contributed by atoms with van der Waals surface area (Å²) < 4.78 is 1.51. The number of carboxylic acid groups (broad SMARTS) is 1. The maximum atomic E-state index is 12.2. The lowest BCUT2D eigenvalue weighted by atomic mass is 10.1. The Morgan fingerprint density at radius 2 is 2.20 bits per heavy atom. The van der Waals surface area contributed by atoms with Crippen LogP contribution in [-0.2, 0) is 11.8 Å². The zero-order valence-electron chi connectivity index (χ0n) is 11.9. The highest BCUT2D eigenvalue weighted by Crippen LogP contribution is 2.23. The minimum Gasteiger partial charge on any atom is -0.479 e. The summed E-state index contributed by atoms with van der Waals surface area (Å²) in [4.78, 5) is 25.2. The van der Waals surface area contributed by atoms with Crippen LogP contribution in [0.2, 0.25) is 0 Å². The van der Waals surface area contributed by atoms with Crippen LogP contribution >= 0.6 is 0 Å². The van der Waals surface area contributed by atoms with E-state index >= 15 is 0 Å². The zero-order valence-corrected chi connectivity index (χ0v) is 11.9. The molecule has 1 aliphatic rings. The minimum absolute atomic E-state index is 0.133. The summed E-state index contributed by atoms with van der Waals surface area (Å²) in [6.45, 7) is 4.72. The summed E-state index contributed by atoms with van der Waals surface area (Å²) in [6, 6.07) is -1.27. The van der Waals surface area contributed by atoms with Crippen molar-refractivity contribution < 1.29 is 14.7 Å². The molecule has 2 heterocycles. The van der Waals surface area contributed by atoms with Crippen LogP contribution in [0.4, 0.5) is 4.79 Å². The third kappa shape index (κ3) is 2.92. The lowest BCUT2D eigenvalue weighted by Crippen LogP contribution is -2.45. The van der Waals surface area contributed by atoms with E-state index in [0.29, 0.717) is 18.0 Å². The number of aryl methyl sites for hydroxylation is 1. The SMILES string of the molecule is CC1CC(C)N(C(=O)NC(C(=O)O)c2cnn(C)c2)C1. The molecule has 2 rings (SSSR count). The van der Waals surface area contributed by atoms with Gasteiger partial charge in [0.05, 0.1) is 6.20 Å². The Labute approximate surface area is 117 Å². The van der Waals surface area contributed by atoms with Crippen LogP contribution in [0.3, 0.4) is 0 Å². The Hall–Kier alpha value is -2.05. The number of nitrogens with one attached hydrogen (secondary N) is 1. The number of nitrogens with zero attached hydrogens (tertiary/aromatic N) is 3. The van der Waals surface area contributed by atoms with Crippen molar-refractivity contribution in [2.45, 2.75) is 32.4 Å². The van der Waals surface area contributed by atoms with Crippen LogP contribution in [0.5, 0.6) is 0 Å². The summed E-state index contributed by atoms with van der Waals surface area (Å²) in [5, 5.41) is 15.8. The van der Waals surface area contributed by atoms with Gasteiger partial charge in [-0.05, 0) is 19.3 Å². The molecule has 1 aromatic heterocycles. The van der Waals surface area contributed by atoms with Crippen LogP contribution in [0.1, 0.15) is 31.9 Å². The Morgan fingerprint density at radius 1 is 1.50 bits per heavy atom. The van der Waals surface area contributed by atoms with Gasteiger partial charge in [0, 0.05) is 31.4 Å². The summed E-state index contributed by atoms with van der Waals surface area (Å²) in [5.74, 6) is -0.649. The van der Waals surface area contributed by atoms with E-state index in [9.17, 15) is 14.7 Å². The van der Waals surface area contributed by atoms with Gasteiger partial charge in [-0.3, -0.25) is 4.68 Å². The lowest BCUT2D eigenvalue weighted by molar-refractivity contribution is -0.139. The van der Waals surface area contributed by atoms with E-state index in [2.05, 4.69) is 17.3 Å². The van der Waals surface area contributed by atoms with E-state index < -0.39 is 12.0 Å². The van der Waals surface area contributed by atoms with Crippen molar-refractivity contribution in [3.05, 3.63) is 18.0 Å². The molecule has 3 unspecified atom stereocenters. The number of rotatable bonds is 3. The molecule has 0 saturated carbocycles. The average Bonchev–Trinajstić information content (AvgIpc) is 2.91. The second-order valence-corrected chi connectivity index (χ2v) is 5.51. The molecule has 3 atom stereocenters. The first-order chi connectivity index (χ1) is 9.38. The quantitative estimate of drug-likeness (QED) is 0.864. The molecule has 0 spiro atoms. The molecule has 7 nitrogen and oxygen atoms in total. The second-order valence-electron chi connectivity index (χ2n) is 5.51. The first-order valence-corrected chi connectivity index (χ1v) is 6.67. The van der Waals surface area contributed by atoms with Crippen LogP contribution in [0.15, 0.2) is 12.4 Å². The van der Waals surface area contributed by atoms with Gasteiger partial charge in [-0.25, -0.2) is 9.59 Å². The summed E-state index contributed by atoms with van der Waals surface area (Å²) in [5.41, 5.74) is 0.466. The lowest BCUT2D eigenvalue weighted by Gasteiger charge is -2.24. The Kier molecular flexibility index (Phi) is 3.96. The Morgan fingerprint density at radius 3 is 2.65 bits per heavy atom. The number of amides is 2. The highest BCUT2D eigenvalue weighted by atomic mass is 16.4. The van der Waals surface area contributed by atoms with Crippen LogP contribution in [0, 0.1) is 5.92 Å². The number of likely N-dealkylation sites (tertiary alicyclic amines) is 1. The number of hydrogen-bond acceptors (Lipinski definition) is 3. The number of carboxylic acids is 1. The van der Waals surface area contributed by atoms with E-state index in [1.165, 1.54) is 10.9 Å². The maximum Gasteiger partial charge on any atom is 0.331 e. The number of aliphatic carboxylic acids is 1. The molecule has 1 aromatic rings. The third-order valence-electron chi connectivity index (χ3n) is 3.62. The first kappa shape index (κ1) is 14.4. The largest absolute Gasteiger partial charge is 0.479 e. The van der Waals surface area contributed by atoms with Crippen LogP contribution < -0.4 is 5.32 Å². The highest BCUT2D eigenvalue weighted by molar-refractivity contribution is 5.83. The molecule has 0 radical (unpaired) electrons. The van der Waals surface area contributed by atoms with Gasteiger partial charge in [-0.15, -0.1) is 0 Å². The average molecular weight is 280 g/mol. The van der Waals surface area contributed by atoms with Gasteiger partial charge in [-0.2, -0.15) is 5.10 Å². The number of carbonyl (C=O) groups is 2. The molecule has 0 aromatic carbocycles. The molecule has 2 amide bonds. The second kappa shape index (κ2) is 5.52. The molecular weight excluding hydrogens is 260 g/mol. The van der Waals surface area contributed by atoms with Crippen molar-refractivity contribution in [2.75, 3.05) is 6.54 Å². The van der Waals surface area contributed by atoms with E-state index in [-0.39, 0.29) is 12.1 Å². The van der Waals surface area contributed by atoms with E-state index in [4.69, 9.17) is 0 Å². The van der Waals surface area contributed by atoms with Gasteiger partial charge in [0.1, 0.15) is 0 Å². The zero-order chi connectivity index (χ0) is 14.9. The predicted octanol–water partition coefficient (Wildman–Crippen LogP) is 0.986. The number of hydrogen-bond donors (Lipinski definition) is 2. The fraction of sp³-hybridized carbons (Fsp3) is 0.615. The van der Waals surface area contributed by atoms with Crippen LogP contribution in [-0.4, -0.2) is 44.4 Å². The predicted molar refractivity (Wildman–Crippen MR) is 72.1 cm³/mol. The van der Waals surface area contributed by atoms with Gasteiger partial charge in [-0.1, -0.05) is 6.92 Å². The van der Waals surface area contributed by atoms with Crippen molar-refractivity contribution in [2.24, 2.45) is 13.0 Å². The number of aromatic nitrogens is 2. The van der Waals surface area contributed by atoms with E-state index in [1.807, 2.05) is 6.92 Å². The number of urea groups is 1. The van der Waals surface area contributed by atoms with E-state index in [0.717, 1.165) is 6.42 Å². The maximum absolute atomic E-state index is 12.2. The normalized spacial score (nSPS) is 23.6. The number of carbonyl (C=O) groups excluding carboxylic acids is 1. The monoisotopic (exact) mass is 280 g/mol. The fourth-order valence-corrected chi connectivity index (χ4v) is 2.67. The van der Waals surface area contributed by atoms with Crippen molar-refractivity contribution in [1.82, 2.24) is 20.0 Å². The Bertz CT molecular complexity index is 513. The molecule has 1 aliphatic heterocycles. The third-order valence-corrected chi connectivity index (χ3v) is 3.62. The molecule has 7 heteroatoms. The summed E-state index contributed by atoms with van der Waals surface area (Å²) >= 11 is 0. The van der Waals surface area contributed by atoms with Gasteiger partial charge >= 0.3 is 12.0 Å². The van der Waals surface area contributed by atoms with E-state index in [1.54, 1.807) is 18.1 Å². The summed E-state index contributed by atoms with van der Waals surface area (Å²) in [6.07, 6.45) is 3.99. The molecule has 0 bridgehead atoms. The summed E-state index contributed by atoms with van der Waals surface area (Å²) in [7, 11) is 1.70. The molecule has 110 valence electrons. The van der Waals surface area contributed by atoms with Crippen molar-refractivity contribution in [3.8, 4) is 0 Å². The molecular formula is C13H20N4O3. The molecule has 20 heavy (non-hydrogen) atoms. The first-order valence-electron chi connectivity index (χ1n) is 6.67. The highest BCUT2D eigenvalue weighted by Gasteiger charge is 2.32. The Balaban J connectivity index is 2.09. The van der Waals surface area contributed by atoms with Gasteiger partial charge in [0.25, 0.3) is 0 Å². The molecule has 1 fully saturated rings. The van der Waals surface area contributed by atoms with Crippen LogP contribution in [0.25, 0.3) is 0 Å². The molecule has 0 aliphatic carbocycles. The minimum atomic E-state index is -1.09. The standard InChI is InChI=1S/C13H20N4O3/c1-8-4-9(2)17(6-8)13(20)15-11(12(18)19)10-5-14-16(3)7-10/h5,7-9,11H,4,6H2,1-3H3,(H,15,20)(H,18,19). The van der Waals surface area contributed by atoms with Crippen molar-refractivity contribution >= 4 is 12.0 Å². The van der Waals surface area contributed by atoms with Crippen molar-refractivity contribution in [3.63, 3.8) is 0 Å². The van der Waals surface area contributed by atoms with Gasteiger partial charge in [0.2, 0.25) is 0 Å². The van der Waals surface area contributed by atoms with Crippen molar-refractivity contribution in [1.29, 1.82) is 0 Å². The fourth-order valence-electron chi connectivity index (χ4n) is 2.67. The smallest absolute Gasteiger partial charge is 0.331 e. The topological polar surface area (TPSA) is 87.5 Å². The van der Waals surface area contributed by atoms with Gasteiger partial charge < -0.3 is 15.3 Å². The molecule has 2 N–H and O–H groups in total. The molecule has 1 saturated heterocycles.